The van der Waals surface area contributed by atoms with E-state index in [1.54, 1.807) is 0 Å². The van der Waals surface area contributed by atoms with E-state index in [1.807, 2.05) is 12.1 Å². The minimum absolute atomic E-state index is 0.0860. The van der Waals surface area contributed by atoms with Gasteiger partial charge in [0, 0.05) is 16.5 Å². The van der Waals surface area contributed by atoms with Crippen LogP contribution < -0.4 is 4.74 Å². The lowest BCUT2D eigenvalue weighted by Crippen LogP contribution is -2.36. The van der Waals surface area contributed by atoms with E-state index < -0.39 is 0 Å². The molecule has 94 valence electrons. The molecule has 1 atom stereocenters. The molecule has 1 aliphatic rings. The van der Waals surface area contributed by atoms with Crippen molar-refractivity contribution in [2.75, 3.05) is 5.88 Å². The summed E-state index contributed by atoms with van der Waals surface area (Å²) in [6, 6.07) is 3.98. The second-order valence-electron chi connectivity index (χ2n) is 5.02. The molecule has 1 nitrogen and oxygen atoms in total. The Kier molecular flexibility index (Phi) is 3.89. The Morgan fingerprint density at radius 2 is 2.18 bits per heavy atom. The normalized spacial score (nSPS) is 23.1. The van der Waals surface area contributed by atoms with Crippen LogP contribution >= 0.6 is 23.2 Å². The van der Waals surface area contributed by atoms with Crippen LogP contribution in [0.15, 0.2) is 12.1 Å². The number of hydrogen-bond acceptors (Lipinski definition) is 1. The predicted octanol–water partition coefficient (Wildman–Crippen LogP) is 4.75. The highest BCUT2D eigenvalue weighted by molar-refractivity contribution is 6.31. The van der Waals surface area contributed by atoms with Crippen LogP contribution in [0, 0.1) is 6.92 Å². The van der Waals surface area contributed by atoms with E-state index >= 15 is 0 Å². The third kappa shape index (κ3) is 2.71. The standard InChI is InChI=1S/C14H18Cl2O/c1-10-4-5-12(16)11-6-8-14(2,7-3-9-15)17-13(10)11/h4-5H,3,6-9H2,1-2H3. The van der Waals surface area contributed by atoms with Crippen molar-refractivity contribution in [2.24, 2.45) is 0 Å². The van der Waals surface area contributed by atoms with Gasteiger partial charge in [0.05, 0.1) is 0 Å². The molecule has 0 aliphatic carbocycles. The Hall–Kier alpha value is -0.400. The van der Waals surface area contributed by atoms with Crippen LogP contribution in [0.3, 0.4) is 0 Å². The molecule has 2 rings (SSSR count). The molecule has 0 saturated carbocycles. The molecule has 0 saturated heterocycles. The number of aryl methyl sites for hydroxylation is 1. The number of ether oxygens (including phenoxy) is 1. The molecular formula is C14H18Cl2O. The summed E-state index contributed by atoms with van der Waals surface area (Å²) in [7, 11) is 0. The molecule has 0 amide bonds. The highest BCUT2D eigenvalue weighted by atomic mass is 35.5. The zero-order valence-corrected chi connectivity index (χ0v) is 11.9. The quantitative estimate of drug-likeness (QED) is 0.722. The predicted molar refractivity (Wildman–Crippen MR) is 73.5 cm³/mol. The number of fused-ring (bicyclic) bond motifs is 1. The lowest BCUT2D eigenvalue weighted by Gasteiger charge is -2.37. The second-order valence-corrected chi connectivity index (χ2v) is 5.80. The van der Waals surface area contributed by atoms with Crippen molar-refractivity contribution in [2.45, 2.75) is 45.1 Å². The molecule has 0 N–H and O–H groups in total. The van der Waals surface area contributed by atoms with Gasteiger partial charge in [-0.1, -0.05) is 17.7 Å². The van der Waals surface area contributed by atoms with Crippen LogP contribution in [0.5, 0.6) is 5.75 Å². The summed E-state index contributed by atoms with van der Waals surface area (Å²) in [5, 5.41) is 0.824. The first-order chi connectivity index (χ1) is 8.06. The Morgan fingerprint density at radius 1 is 1.41 bits per heavy atom. The molecule has 0 bridgehead atoms. The zero-order valence-electron chi connectivity index (χ0n) is 10.4. The van der Waals surface area contributed by atoms with Gasteiger partial charge in [-0.25, -0.2) is 0 Å². The molecular weight excluding hydrogens is 255 g/mol. The van der Waals surface area contributed by atoms with Crippen LogP contribution in [0.4, 0.5) is 0 Å². The largest absolute Gasteiger partial charge is 0.487 e. The first-order valence-corrected chi connectivity index (χ1v) is 7.00. The van der Waals surface area contributed by atoms with Crippen molar-refractivity contribution in [1.82, 2.24) is 0 Å². The fraction of sp³-hybridized carbons (Fsp3) is 0.571. The van der Waals surface area contributed by atoms with E-state index in [0.29, 0.717) is 5.88 Å². The summed E-state index contributed by atoms with van der Waals surface area (Å²) in [6.45, 7) is 4.24. The summed E-state index contributed by atoms with van der Waals surface area (Å²) in [5.41, 5.74) is 2.24. The first-order valence-electron chi connectivity index (χ1n) is 6.09. The third-order valence-electron chi connectivity index (χ3n) is 3.49. The number of alkyl halides is 1. The molecule has 0 spiro atoms. The monoisotopic (exact) mass is 272 g/mol. The Bertz CT molecular complexity index is 417. The lowest BCUT2D eigenvalue weighted by atomic mass is 9.88. The number of hydrogen-bond donors (Lipinski definition) is 0. The van der Waals surface area contributed by atoms with E-state index in [0.717, 1.165) is 42.0 Å². The van der Waals surface area contributed by atoms with Gasteiger partial charge in [-0.3, -0.25) is 0 Å². The van der Waals surface area contributed by atoms with E-state index in [9.17, 15) is 0 Å². The average Bonchev–Trinajstić information content (AvgIpc) is 2.32. The summed E-state index contributed by atoms with van der Waals surface area (Å²) in [6.07, 6.45) is 4.00. The van der Waals surface area contributed by atoms with Gasteiger partial charge in [0.2, 0.25) is 0 Å². The van der Waals surface area contributed by atoms with E-state index in [-0.39, 0.29) is 5.60 Å². The van der Waals surface area contributed by atoms with Crippen molar-refractivity contribution < 1.29 is 4.74 Å². The van der Waals surface area contributed by atoms with Crippen LogP contribution in [0.25, 0.3) is 0 Å². The van der Waals surface area contributed by atoms with Crippen molar-refractivity contribution in [1.29, 1.82) is 0 Å². The Labute approximate surface area is 113 Å². The topological polar surface area (TPSA) is 9.23 Å². The van der Waals surface area contributed by atoms with Crippen molar-refractivity contribution in [3.05, 3.63) is 28.3 Å². The molecule has 0 radical (unpaired) electrons. The summed E-state index contributed by atoms with van der Waals surface area (Å²) >= 11 is 12.0. The second kappa shape index (κ2) is 5.07. The summed E-state index contributed by atoms with van der Waals surface area (Å²) < 4.78 is 6.19. The fourth-order valence-corrected chi connectivity index (χ4v) is 2.78. The van der Waals surface area contributed by atoms with Crippen molar-refractivity contribution in [3.63, 3.8) is 0 Å². The zero-order chi connectivity index (χ0) is 12.5. The number of rotatable bonds is 3. The molecule has 0 fully saturated rings. The van der Waals surface area contributed by atoms with E-state index in [2.05, 4.69) is 13.8 Å². The Balaban J connectivity index is 2.26. The van der Waals surface area contributed by atoms with E-state index in [1.165, 1.54) is 5.56 Å². The molecule has 0 aromatic heterocycles. The highest BCUT2D eigenvalue weighted by Crippen LogP contribution is 2.41. The molecule has 1 aromatic carbocycles. The lowest BCUT2D eigenvalue weighted by molar-refractivity contribution is 0.0549. The number of halogens is 2. The smallest absolute Gasteiger partial charge is 0.127 e. The van der Waals surface area contributed by atoms with Gasteiger partial charge in [0.25, 0.3) is 0 Å². The molecule has 3 heteroatoms. The van der Waals surface area contributed by atoms with Gasteiger partial charge in [0.15, 0.2) is 0 Å². The van der Waals surface area contributed by atoms with Gasteiger partial charge in [0.1, 0.15) is 11.4 Å². The molecule has 1 aliphatic heterocycles. The van der Waals surface area contributed by atoms with Crippen molar-refractivity contribution in [3.8, 4) is 5.75 Å². The van der Waals surface area contributed by atoms with Gasteiger partial charge in [-0.15, -0.1) is 11.6 Å². The maximum Gasteiger partial charge on any atom is 0.127 e. The van der Waals surface area contributed by atoms with Gasteiger partial charge in [-0.05, 0) is 51.2 Å². The van der Waals surface area contributed by atoms with Crippen molar-refractivity contribution >= 4 is 23.2 Å². The maximum absolute atomic E-state index is 6.21. The molecule has 17 heavy (non-hydrogen) atoms. The molecule has 1 unspecified atom stereocenters. The summed E-state index contributed by atoms with van der Waals surface area (Å²) in [5.74, 6) is 1.68. The van der Waals surface area contributed by atoms with Crippen LogP contribution in [-0.4, -0.2) is 11.5 Å². The third-order valence-corrected chi connectivity index (χ3v) is 4.11. The average molecular weight is 273 g/mol. The highest BCUT2D eigenvalue weighted by Gasteiger charge is 2.32. The summed E-state index contributed by atoms with van der Waals surface area (Å²) in [4.78, 5) is 0. The minimum atomic E-state index is -0.0860. The van der Waals surface area contributed by atoms with E-state index in [4.69, 9.17) is 27.9 Å². The van der Waals surface area contributed by atoms with Crippen LogP contribution in [0.2, 0.25) is 5.02 Å². The first kappa shape index (κ1) is 13.0. The Morgan fingerprint density at radius 3 is 2.88 bits per heavy atom. The maximum atomic E-state index is 6.21. The SMILES string of the molecule is Cc1ccc(Cl)c2c1OC(C)(CCCCl)CC2. The molecule has 1 heterocycles. The van der Waals surface area contributed by atoms with Gasteiger partial charge in [-0.2, -0.15) is 0 Å². The van der Waals surface area contributed by atoms with Crippen LogP contribution in [-0.2, 0) is 6.42 Å². The fourth-order valence-electron chi connectivity index (χ4n) is 2.40. The number of benzene rings is 1. The van der Waals surface area contributed by atoms with Gasteiger partial charge < -0.3 is 4.74 Å². The molecule has 1 aromatic rings. The van der Waals surface area contributed by atoms with Crippen LogP contribution in [0.1, 0.15) is 37.3 Å². The minimum Gasteiger partial charge on any atom is -0.487 e. The van der Waals surface area contributed by atoms with Gasteiger partial charge >= 0.3 is 0 Å².